The minimum atomic E-state index is -0.0163. The molecule has 21 heavy (non-hydrogen) atoms. The molecule has 0 bridgehead atoms. The second kappa shape index (κ2) is 4.42. The van der Waals surface area contributed by atoms with Gasteiger partial charge in [-0.25, -0.2) is 0 Å². The zero-order valence-corrected chi connectivity index (χ0v) is 11.6. The molecule has 0 N–H and O–H groups in total. The number of carbonyl (C=O) groups is 1. The van der Waals surface area contributed by atoms with Crippen LogP contribution in [0.25, 0.3) is 21.9 Å². The lowest BCUT2D eigenvalue weighted by molar-refractivity contribution is 0.103. The third kappa shape index (κ3) is 1.61. The smallest absolute Gasteiger partial charge is 0.212 e. The van der Waals surface area contributed by atoms with E-state index in [4.69, 9.17) is 4.74 Å². The number of hydrogen-bond donors (Lipinski definition) is 0. The number of aromatic nitrogens is 1. The van der Waals surface area contributed by atoms with Crippen LogP contribution in [0.4, 0.5) is 0 Å². The number of ether oxygens (including phenoxy) is 1. The maximum atomic E-state index is 12.7. The first-order valence-electron chi connectivity index (χ1n) is 7.00. The topological polar surface area (TPSA) is 39.2 Å². The molecule has 1 aromatic heterocycles. The van der Waals surface area contributed by atoms with Crippen molar-refractivity contribution in [2.75, 3.05) is 6.61 Å². The molecule has 0 aliphatic heterocycles. The van der Waals surface area contributed by atoms with E-state index in [9.17, 15) is 4.79 Å². The Hall–Kier alpha value is -2.68. The Balaban J connectivity index is 2.21. The van der Waals surface area contributed by atoms with E-state index in [1.165, 1.54) is 0 Å². The second-order valence-electron chi connectivity index (χ2n) is 5.00. The summed E-state index contributed by atoms with van der Waals surface area (Å²) >= 11 is 0. The van der Waals surface area contributed by atoms with Gasteiger partial charge in [0.1, 0.15) is 11.4 Å². The van der Waals surface area contributed by atoms with Gasteiger partial charge in [0.05, 0.1) is 6.61 Å². The van der Waals surface area contributed by atoms with Crippen LogP contribution in [0.15, 0.2) is 48.7 Å². The van der Waals surface area contributed by atoms with Gasteiger partial charge in [0.15, 0.2) is 0 Å². The zero-order valence-electron chi connectivity index (χ0n) is 11.6. The molecule has 3 heteroatoms. The third-order valence-corrected chi connectivity index (χ3v) is 3.85. The van der Waals surface area contributed by atoms with Crippen molar-refractivity contribution in [3.63, 3.8) is 0 Å². The van der Waals surface area contributed by atoms with E-state index in [0.29, 0.717) is 17.9 Å². The first-order chi connectivity index (χ1) is 10.3. The van der Waals surface area contributed by atoms with Crippen molar-refractivity contribution in [1.82, 2.24) is 4.98 Å². The molecule has 1 aliphatic carbocycles. The number of nitrogens with zero attached hydrogens (tertiary/aromatic N) is 1. The zero-order chi connectivity index (χ0) is 14.4. The minimum Gasteiger partial charge on any atom is -0.493 e. The number of benzene rings is 2. The van der Waals surface area contributed by atoms with Crippen LogP contribution in [0.5, 0.6) is 5.75 Å². The highest BCUT2D eigenvalue weighted by Crippen LogP contribution is 2.43. The van der Waals surface area contributed by atoms with Crippen molar-refractivity contribution in [2.24, 2.45) is 0 Å². The molecule has 0 amide bonds. The maximum absolute atomic E-state index is 12.7. The largest absolute Gasteiger partial charge is 0.493 e. The van der Waals surface area contributed by atoms with Gasteiger partial charge in [0.25, 0.3) is 0 Å². The van der Waals surface area contributed by atoms with Crippen molar-refractivity contribution in [3.8, 4) is 16.9 Å². The average molecular weight is 275 g/mol. The Kier molecular flexibility index (Phi) is 2.54. The van der Waals surface area contributed by atoms with Crippen molar-refractivity contribution in [3.05, 3.63) is 59.9 Å². The van der Waals surface area contributed by atoms with Gasteiger partial charge in [-0.05, 0) is 30.0 Å². The summed E-state index contributed by atoms with van der Waals surface area (Å²) in [4.78, 5) is 17.0. The van der Waals surface area contributed by atoms with Crippen molar-refractivity contribution >= 4 is 16.6 Å². The lowest BCUT2D eigenvalue weighted by Gasteiger charge is -2.21. The van der Waals surface area contributed by atoms with Crippen LogP contribution in [0.1, 0.15) is 23.0 Å². The fourth-order valence-electron chi connectivity index (χ4n) is 2.99. The van der Waals surface area contributed by atoms with E-state index >= 15 is 0 Å². The number of fused-ring (bicyclic) bond motifs is 2. The predicted octanol–water partition coefficient (Wildman–Crippen LogP) is 3.84. The quantitative estimate of drug-likeness (QED) is 0.558. The normalized spacial score (nSPS) is 12.3. The van der Waals surface area contributed by atoms with E-state index < -0.39 is 0 Å². The van der Waals surface area contributed by atoms with Crippen LogP contribution in [0, 0.1) is 0 Å². The first kappa shape index (κ1) is 12.1. The maximum Gasteiger partial charge on any atom is 0.212 e. The van der Waals surface area contributed by atoms with Crippen molar-refractivity contribution in [1.29, 1.82) is 0 Å². The Labute approximate surface area is 122 Å². The fourth-order valence-corrected chi connectivity index (χ4v) is 2.99. The molecule has 102 valence electrons. The number of rotatable bonds is 2. The van der Waals surface area contributed by atoms with Gasteiger partial charge in [0.2, 0.25) is 5.78 Å². The minimum absolute atomic E-state index is 0.0163. The molecule has 1 heterocycles. The molecule has 0 saturated carbocycles. The Bertz CT molecular complexity index is 884. The molecule has 0 saturated heterocycles. The SMILES string of the molecule is CCOc1ccc2ccnc3c2c1-c1ccccc1C3=O. The van der Waals surface area contributed by atoms with Crippen LogP contribution >= 0.6 is 0 Å². The van der Waals surface area contributed by atoms with E-state index in [0.717, 1.165) is 27.6 Å². The molecule has 0 atom stereocenters. The lowest BCUT2D eigenvalue weighted by atomic mass is 9.85. The van der Waals surface area contributed by atoms with E-state index in [-0.39, 0.29) is 5.78 Å². The molecule has 1 aliphatic rings. The summed E-state index contributed by atoms with van der Waals surface area (Å²) in [6, 6.07) is 13.5. The molecule has 3 aromatic rings. The highest BCUT2D eigenvalue weighted by atomic mass is 16.5. The highest BCUT2D eigenvalue weighted by molar-refractivity contribution is 6.25. The molecule has 0 radical (unpaired) electrons. The predicted molar refractivity (Wildman–Crippen MR) is 81.8 cm³/mol. The van der Waals surface area contributed by atoms with E-state index in [2.05, 4.69) is 4.98 Å². The highest BCUT2D eigenvalue weighted by Gasteiger charge is 2.28. The van der Waals surface area contributed by atoms with Gasteiger partial charge < -0.3 is 4.74 Å². The van der Waals surface area contributed by atoms with E-state index in [1.807, 2.05) is 49.4 Å². The molecule has 0 fully saturated rings. The van der Waals surface area contributed by atoms with Crippen LogP contribution in [-0.2, 0) is 0 Å². The summed E-state index contributed by atoms with van der Waals surface area (Å²) in [5.74, 6) is 0.788. The summed E-state index contributed by atoms with van der Waals surface area (Å²) in [7, 11) is 0. The summed E-state index contributed by atoms with van der Waals surface area (Å²) in [6.07, 6.45) is 1.69. The van der Waals surface area contributed by atoms with Crippen LogP contribution < -0.4 is 4.74 Å². The molecular formula is C18H13NO2. The fraction of sp³-hybridized carbons (Fsp3) is 0.111. The summed E-state index contributed by atoms with van der Waals surface area (Å²) in [5, 5.41) is 1.91. The van der Waals surface area contributed by atoms with Crippen LogP contribution in [-0.4, -0.2) is 17.4 Å². The summed E-state index contributed by atoms with van der Waals surface area (Å²) in [5.41, 5.74) is 3.12. The lowest BCUT2D eigenvalue weighted by Crippen LogP contribution is -2.12. The Morgan fingerprint density at radius 1 is 1.05 bits per heavy atom. The molecule has 0 spiro atoms. The van der Waals surface area contributed by atoms with Crippen molar-refractivity contribution in [2.45, 2.75) is 6.92 Å². The Morgan fingerprint density at radius 2 is 1.86 bits per heavy atom. The second-order valence-corrected chi connectivity index (χ2v) is 5.00. The van der Waals surface area contributed by atoms with Crippen LogP contribution in [0.2, 0.25) is 0 Å². The van der Waals surface area contributed by atoms with Gasteiger partial charge in [-0.2, -0.15) is 0 Å². The summed E-state index contributed by atoms with van der Waals surface area (Å²) in [6.45, 7) is 2.55. The summed E-state index contributed by atoms with van der Waals surface area (Å²) < 4.78 is 5.78. The number of pyridine rings is 1. The molecular weight excluding hydrogens is 262 g/mol. The molecule has 4 rings (SSSR count). The van der Waals surface area contributed by atoms with Crippen LogP contribution in [0.3, 0.4) is 0 Å². The molecule has 3 nitrogen and oxygen atoms in total. The molecule has 0 unspecified atom stereocenters. The van der Waals surface area contributed by atoms with Gasteiger partial charge >= 0.3 is 0 Å². The van der Waals surface area contributed by atoms with Gasteiger partial charge in [-0.3, -0.25) is 9.78 Å². The van der Waals surface area contributed by atoms with Gasteiger partial charge in [-0.1, -0.05) is 30.3 Å². The molecule has 2 aromatic carbocycles. The number of hydrogen-bond acceptors (Lipinski definition) is 3. The average Bonchev–Trinajstić information content (AvgIpc) is 2.53. The number of ketones is 1. The van der Waals surface area contributed by atoms with E-state index in [1.54, 1.807) is 6.20 Å². The standard InChI is InChI=1S/C18H13NO2/c1-2-21-14-8-7-11-9-10-19-17-15(11)16(14)12-5-3-4-6-13(12)18(17)20/h3-10H,2H2,1H3. The van der Waals surface area contributed by atoms with Gasteiger partial charge in [-0.15, -0.1) is 0 Å². The number of carbonyl (C=O) groups excluding carboxylic acids is 1. The monoisotopic (exact) mass is 275 g/mol. The first-order valence-corrected chi connectivity index (χ1v) is 7.00. The van der Waals surface area contributed by atoms with Crippen molar-refractivity contribution < 1.29 is 9.53 Å². The Morgan fingerprint density at radius 3 is 2.67 bits per heavy atom. The third-order valence-electron chi connectivity index (χ3n) is 3.85. The van der Waals surface area contributed by atoms with Gasteiger partial charge in [0, 0.05) is 22.7 Å².